The van der Waals surface area contributed by atoms with Crippen LogP contribution in [0.25, 0.3) is 0 Å². The van der Waals surface area contributed by atoms with Crippen LogP contribution in [-0.4, -0.2) is 29.3 Å². The lowest BCUT2D eigenvalue weighted by molar-refractivity contribution is -0.160. The summed E-state index contributed by atoms with van der Waals surface area (Å²) in [5.74, 6) is 3.00. The topological polar surface area (TPSA) is 49.4 Å². The van der Waals surface area contributed by atoms with Crippen molar-refractivity contribution in [3.8, 4) is 0 Å². The van der Waals surface area contributed by atoms with Crippen molar-refractivity contribution in [3.63, 3.8) is 0 Å². The zero-order chi connectivity index (χ0) is 20.2. The van der Waals surface area contributed by atoms with Crippen LogP contribution >= 0.6 is 0 Å². The summed E-state index contributed by atoms with van der Waals surface area (Å²) in [5, 5.41) is 3.08. The Labute approximate surface area is 174 Å². The Hall–Kier alpha value is -1.84. The molecule has 1 unspecified atom stereocenters. The van der Waals surface area contributed by atoms with E-state index in [2.05, 4.69) is 31.3 Å². The van der Waals surface area contributed by atoms with E-state index in [4.69, 9.17) is 0 Å². The molecule has 1 aromatic rings. The summed E-state index contributed by atoms with van der Waals surface area (Å²) in [5.41, 5.74) is 1.94. The molecule has 0 aromatic heterocycles. The molecule has 29 heavy (non-hydrogen) atoms. The maximum atomic E-state index is 13.7. The first-order valence-electron chi connectivity index (χ1n) is 11.7. The molecule has 0 spiro atoms. The number of nitrogens with one attached hydrogen (secondary N) is 1. The number of nitrogens with zero attached hydrogens (tertiary/aromatic N) is 1. The van der Waals surface area contributed by atoms with Crippen LogP contribution in [0.1, 0.15) is 76.7 Å². The molecule has 2 amide bonds. The Morgan fingerprint density at radius 2 is 1.59 bits per heavy atom. The van der Waals surface area contributed by atoms with Crippen LogP contribution in [0.4, 0.5) is 5.69 Å². The van der Waals surface area contributed by atoms with Gasteiger partial charge in [0.2, 0.25) is 11.8 Å². The summed E-state index contributed by atoms with van der Waals surface area (Å²) in [4.78, 5) is 28.8. The van der Waals surface area contributed by atoms with E-state index in [0.717, 1.165) is 62.1 Å². The highest BCUT2D eigenvalue weighted by Gasteiger charge is 2.56. The second kappa shape index (κ2) is 7.14. The Morgan fingerprint density at radius 3 is 2.14 bits per heavy atom. The van der Waals surface area contributed by atoms with Crippen LogP contribution in [0, 0.1) is 23.2 Å². The second-order valence-electron chi connectivity index (χ2n) is 10.6. The van der Waals surface area contributed by atoms with Gasteiger partial charge in [-0.1, -0.05) is 26.0 Å². The van der Waals surface area contributed by atoms with Gasteiger partial charge in [-0.2, -0.15) is 0 Å². The molecule has 5 aliphatic rings. The van der Waals surface area contributed by atoms with E-state index >= 15 is 0 Å². The smallest absolute Gasteiger partial charge is 0.247 e. The minimum Gasteiger partial charge on any atom is -0.330 e. The quantitative estimate of drug-likeness (QED) is 0.785. The summed E-state index contributed by atoms with van der Waals surface area (Å²) in [6.45, 7) is 5.07. The Balaban J connectivity index is 1.29. The molecule has 4 heteroatoms. The minimum atomic E-state index is -0.305. The van der Waals surface area contributed by atoms with Gasteiger partial charge in [0.25, 0.3) is 0 Å². The number of benzene rings is 1. The summed E-state index contributed by atoms with van der Waals surface area (Å²) < 4.78 is 0. The SMILES string of the molecule is CC(C)c1ccc(NC(=O)C2CCCN2C(=O)C23CC4CC(CC(C4)C2)C3)cc1. The molecule has 156 valence electrons. The highest BCUT2D eigenvalue weighted by molar-refractivity contribution is 5.98. The number of hydrogen-bond acceptors (Lipinski definition) is 2. The zero-order valence-corrected chi connectivity index (χ0v) is 17.8. The van der Waals surface area contributed by atoms with Gasteiger partial charge in [-0.25, -0.2) is 0 Å². The van der Waals surface area contributed by atoms with E-state index in [1.165, 1.54) is 24.8 Å². The monoisotopic (exact) mass is 394 g/mol. The number of carbonyl (C=O) groups excluding carboxylic acids is 2. The number of rotatable bonds is 4. The largest absolute Gasteiger partial charge is 0.330 e. The van der Waals surface area contributed by atoms with Crippen molar-refractivity contribution in [1.82, 2.24) is 4.90 Å². The number of hydrogen-bond donors (Lipinski definition) is 1. The fourth-order valence-electron chi connectivity index (χ4n) is 7.14. The first-order valence-corrected chi connectivity index (χ1v) is 11.7. The fraction of sp³-hybridized carbons (Fsp3) is 0.680. The fourth-order valence-corrected chi connectivity index (χ4v) is 7.14. The molecule has 4 saturated carbocycles. The molecule has 1 aromatic carbocycles. The van der Waals surface area contributed by atoms with Crippen molar-refractivity contribution in [2.24, 2.45) is 23.2 Å². The lowest BCUT2D eigenvalue weighted by atomic mass is 9.49. The van der Waals surface area contributed by atoms with Gasteiger partial charge < -0.3 is 10.2 Å². The third kappa shape index (κ3) is 3.39. The van der Waals surface area contributed by atoms with E-state index in [-0.39, 0.29) is 17.4 Å². The predicted molar refractivity (Wildman–Crippen MR) is 115 cm³/mol. The number of carbonyl (C=O) groups is 2. The van der Waals surface area contributed by atoms with Crippen LogP contribution in [0.3, 0.4) is 0 Å². The van der Waals surface area contributed by atoms with E-state index in [1.54, 1.807) is 0 Å². The van der Waals surface area contributed by atoms with Crippen LogP contribution in [-0.2, 0) is 9.59 Å². The molecule has 1 aliphatic heterocycles. The molecular weight excluding hydrogens is 360 g/mol. The molecule has 5 fully saturated rings. The molecule has 4 bridgehead atoms. The normalized spacial score (nSPS) is 35.3. The summed E-state index contributed by atoms with van der Waals surface area (Å²) in [6, 6.07) is 7.81. The van der Waals surface area contributed by atoms with Crippen molar-refractivity contribution >= 4 is 17.5 Å². The van der Waals surface area contributed by atoms with Crippen molar-refractivity contribution in [3.05, 3.63) is 29.8 Å². The number of likely N-dealkylation sites (tertiary alicyclic amines) is 1. The first-order chi connectivity index (χ1) is 13.9. The van der Waals surface area contributed by atoms with Gasteiger partial charge in [0.1, 0.15) is 6.04 Å². The third-order valence-corrected chi connectivity index (χ3v) is 8.15. The molecule has 1 atom stereocenters. The molecular formula is C25H34N2O2. The highest BCUT2D eigenvalue weighted by Crippen LogP contribution is 2.60. The van der Waals surface area contributed by atoms with Crippen molar-refractivity contribution in [1.29, 1.82) is 0 Å². The van der Waals surface area contributed by atoms with Crippen LogP contribution < -0.4 is 5.32 Å². The van der Waals surface area contributed by atoms with Crippen LogP contribution in [0.5, 0.6) is 0 Å². The van der Waals surface area contributed by atoms with E-state index in [0.29, 0.717) is 11.8 Å². The van der Waals surface area contributed by atoms with Gasteiger partial charge in [0, 0.05) is 12.2 Å². The Bertz CT molecular complexity index is 762. The van der Waals surface area contributed by atoms with Crippen molar-refractivity contribution < 1.29 is 9.59 Å². The average molecular weight is 395 g/mol. The zero-order valence-electron chi connectivity index (χ0n) is 17.8. The molecule has 0 radical (unpaired) electrons. The minimum absolute atomic E-state index is 0.0159. The maximum Gasteiger partial charge on any atom is 0.247 e. The van der Waals surface area contributed by atoms with E-state index in [1.807, 2.05) is 17.0 Å². The van der Waals surface area contributed by atoms with Gasteiger partial charge in [-0.15, -0.1) is 0 Å². The standard InChI is InChI=1S/C25H34N2O2/c1-16(2)20-5-7-21(8-6-20)26-23(28)22-4-3-9-27(22)24(29)25-13-17-10-18(14-25)12-19(11-17)15-25/h5-8,16-19,22H,3-4,9-15H2,1-2H3,(H,26,28). The van der Waals surface area contributed by atoms with E-state index in [9.17, 15) is 9.59 Å². The third-order valence-electron chi connectivity index (χ3n) is 8.15. The van der Waals surface area contributed by atoms with Gasteiger partial charge in [0.15, 0.2) is 0 Å². The summed E-state index contributed by atoms with van der Waals surface area (Å²) >= 11 is 0. The Kier molecular flexibility index (Phi) is 4.71. The number of anilines is 1. The van der Waals surface area contributed by atoms with Gasteiger partial charge >= 0.3 is 0 Å². The molecule has 1 N–H and O–H groups in total. The van der Waals surface area contributed by atoms with Gasteiger partial charge in [-0.05, 0) is 92.7 Å². The maximum absolute atomic E-state index is 13.7. The summed E-state index contributed by atoms with van der Waals surface area (Å²) in [7, 11) is 0. The molecule has 4 aliphatic carbocycles. The first kappa shape index (κ1) is 19.1. The molecule has 6 rings (SSSR count). The lowest BCUT2D eigenvalue weighted by Crippen LogP contribution is -2.56. The van der Waals surface area contributed by atoms with Crippen LogP contribution in [0.15, 0.2) is 24.3 Å². The van der Waals surface area contributed by atoms with Gasteiger partial charge in [0.05, 0.1) is 5.41 Å². The lowest BCUT2D eigenvalue weighted by Gasteiger charge is -2.56. The predicted octanol–water partition coefficient (Wildman–Crippen LogP) is 4.96. The summed E-state index contributed by atoms with van der Waals surface area (Å²) in [6.07, 6.45) is 8.93. The highest BCUT2D eigenvalue weighted by atomic mass is 16.2. The van der Waals surface area contributed by atoms with Crippen LogP contribution in [0.2, 0.25) is 0 Å². The molecule has 4 nitrogen and oxygen atoms in total. The van der Waals surface area contributed by atoms with Crippen molar-refractivity contribution in [2.45, 2.75) is 77.2 Å². The average Bonchev–Trinajstić information content (AvgIpc) is 3.16. The van der Waals surface area contributed by atoms with E-state index < -0.39 is 0 Å². The molecule has 1 heterocycles. The second-order valence-corrected chi connectivity index (χ2v) is 10.6. The van der Waals surface area contributed by atoms with Gasteiger partial charge in [-0.3, -0.25) is 9.59 Å². The number of amides is 2. The van der Waals surface area contributed by atoms with Crippen molar-refractivity contribution in [2.75, 3.05) is 11.9 Å². The Morgan fingerprint density at radius 1 is 1.00 bits per heavy atom. The molecule has 1 saturated heterocycles.